The zero-order chi connectivity index (χ0) is 39.7. The number of fused-ring (bicyclic) bond motifs is 2. The predicted octanol–water partition coefficient (Wildman–Crippen LogP) is 6.40. The zero-order valence-electron chi connectivity index (χ0n) is 29.1. The highest BCUT2D eigenvalue weighted by Gasteiger charge is 2.44. The molecule has 2 aromatic carbocycles. The molecule has 1 aliphatic rings. The van der Waals surface area contributed by atoms with Gasteiger partial charge in [-0.1, -0.05) is 72.1 Å². The molecule has 0 aliphatic heterocycles. The Hall–Kier alpha value is -3.02. The van der Waals surface area contributed by atoms with Gasteiger partial charge in [-0.15, -0.1) is 4.33 Å². The zero-order valence-corrected chi connectivity index (χ0v) is 33.2. The first-order chi connectivity index (χ1) is 25.3. The number of allylic oxidation sites excluding steroid dienone is 5. The number of carboxylic acids is 1. The van der Waals surface area contributed by atoms with Gasteiger partial charge in [0.2, 0.25) is 5.52 Å². The molecule has 0 spiro atoms. The summed E-state index contributed by atoms with van der Waals surface area (Å²) < 4.78 is 106. The van der Waals surface area contributed by atoms with E-state index in [1.54, 1.807) is 42.5 Å². The summed E-state index contributed by atoms with van der Waals surface area (Å²) in [6.07, 6.45) is 11.7. The molecule has 296 valence electrons. The van der Waals surface area contributed by atoms with Gasteiger partial charge in [0, 0.05) is 41.2 Å². The smallest absolute Gasteiger partial charge is 0.303 e. The molecule has 5 N–H and O–H groups in total. The van der Waals surface area contributed by atoms with E-state index in [-0.39, 0.29) is 36.6 Å². The molecule has 0 amide bonds. The fourth-order valence-corrected chi connectivity index (χ4v) is 9.94. The monoisotopic (exact) mass is 848 g/mol. The van der Waals surface area contributed by atoms with Crippen LogP contribution in [0.4, 0.5) is 0 Å². The molecular formula is C34H42NO14S5+. The molecule has 0 bridgehead atoms. The van der Waals surface area contributed by atoms with Crippen LogP contribution in [0, 0.1) is 0 Å². The lowest BCUT2D eigenvalue weighted by molar-refractivity contribution is -0.668. The molecule has 1 aromatic heterocycles. The molecule has 4 rings (SSSR count). The molecule has 1 heterocycles. The Kier molecular flexibility index (Phi) is 15.2. The third-order valence-corrected chi connectivity index (χ3v) is 13.3. The minimum Gasteiger partial charge on any atom is -0.481 e. The Morgan fingerprint density at radius 2 is 1.65 bits per heavy atom. The molecular weight excluding hydrogens is 807 g/mol. The number of unbranched alkanes of at least 4 members (excludes halogenated alkanes) is 2. The first kappa shape index (κ1) is 43.7. The van der Waals surface area contributed by atoms with E-state index >= 15 is 0 Å². The van der Waals surface area contributed by atoms with E-state index in [1.807, 2.05) is 23.6 Å². The molecule has 3 aromatic rings. The summed E-state index contributed by atoms with van der Waals surface area (Å²) in [5.41, 5.74) is 2.26. The highest BCUT2D eigenvalue weighted by Crippen LogP contribution is 2.55. The summed E-state index contributed by atoms with van der Waals surface area (Å²) in [6, 6.07) is 9.66. The van der Waals surface area contributed by atoms with E-state index in [4.69, 9.17) is 10.4 Å². The second kappa shape index (κ2) is 18.7. The number of hydrogen-bond acceptors (Lipinski definition) is 12. The van der Waals surface area contributed by atoms with Gasteiger partial charge in [0.1, 0.15) is 4.70 Å². The van der Waals surface area contributed by atoms with Crippen molar-refractivity contribution < 1.29 is 68.0 Å². The number of carbonyl (C=O) groups is 1. The van der Waals surface area contributed by atoms with Crippen molar-refractivity contribution in [1.29, 1.82) is 0 Å². The van der Waals surface area contributed by atoms with Crippen molar-refractivity contribution in [2.75, 3.05) is 11.5 Å². The summed E-state index contributed by atoms with van der Waals surface area (Å²) in [6.45, 7) is 2.21. The van der Waals surface area contributed by atoms with Crippen molar-refractivity contribution in [1.82, 2.24) is 0 Å². The van der Waals surface area contributed by atoms with E-state index in [0.29, 0.717) is 42.6 Å². The van der Waals surface area contributed by atoms with Crippen LogP contribution in [-0.4, -0.2) is 66.8 Å². The molecule has 54 heavy (non-hydrogen) atoms. The van der Waals surface area contributed by atoms with Crippen LogP contribution in [0.15, 0.2) is 76.1 Å². The van der Waals surface area contributed by atoms with Gasteiger partial charge in [-0.2, -0.15) is 29.8 Å². The van der Waals surface area contributed by atoms with Crippen molar-refractivity contribution in [2.24, 2.45) is 0 Å². The summed E-state index contributed by atoms with van der Waals surface area (Å²) in [5.74, 6) is -2.17. The number of aryl methyl sites for hydroxylation is 1. The third kappa shape index (κ3) is 12.2. The minimum absolute atomic E-state index is 0.00375. The fourth-order valence-electron chi connectivity index (χ4n) is 6.79. The van der Waals surface area contributed by atoms with Crippen molar-refractivity contribution in [2.45, 2.75) is 86.0 Å². The number of rotatable bonds is 21. The highest BCUT2D eigenvalue weighted by atomic mass is 32.2. The van der Waals surface area contributed by atoms with Gasteiger partial charge in [0.25, 0.3) is 35.4 Å². The van der Waals surface area contributed by atoms with Crippen molar-refractivity contribution in [3.8, 4) is 0 Å². The van der Waals surface area contributed by atoms with Crippen LogP contribution >= 0.6 is 23.4 Å². The molecule has 0 saturated heterocycles. The van der Waals surface area contributed by atoms with E-state index < -0.39 is 53.2 Å². The quantitative estimate of drug-likeness (QED) is 0.0148. The second-order valence-electron chi connectivity index (χ2n) is 12.9. The lowest BCUT2D eigenvalue weighted by Crippen LogP contribution is -2.35. The average Bonchev–Trinajstić information content (AvgIpc) is 3.52. The molecule has 2 unspecified atom stereocenters. The summed E-state index contributed by atoms with van der Waals surface area (Å²) in [5, 5.41) is 22.0. The van der Waals surface area contributed by atoms with Crippen LogP contribution in [0.1, 0.15) is 80.3 Å². The van der Waals surface area contributed by atoms with Gasteiger partial charge in [-0.05, 0) is 61.1 Å². The molecule has 0 radical (unpaired) electrons. The van der Waals surface area contributed by atoms with Crippen molar-refractivity contribution in [3.05, 3.63) is 82.4 Å². The average molecular weight is 849 g/mol. The molecule has 1 aliphatic carbocycles. The summed E-state index contributed by atoms with van der Waals surface area (Å²) >= 11 is 2.19. The van der Waals surface area contributed by atoms with Gasteiger partial charge >= 0.3 is 5.97 Å². The number of aliphatic carboxylic acids is 1. The van der Waals surface area contributed by atoms with Crippen LogP contribution in [0.25, 0.3) is 16.3 Å². The number of carboxylic acid groups (broad SMARTS) is 1. The van der Waals surface area contributed by atoms with Gasteiger partial charge in [0.05, 0.1) is 28.4 Å². The number of hydrogen-bond donors (Lipinski definition) is 5. The SMILES string of the molecule is CC1(CCCCCC(=O)O)/C(=C/C=C/C=C/c2sc3cc(SOOO)ccc3[n+]2CCCS(=O)(=O)O)C(CCCS(=O)(=O)O)c2ccc(S(=O)(=O)O)cc21. The second-order valence-corrected chi connectivity index (χ2v) is 19.3. The van der Waals surface area contributed by atoms with Crippen molar-refractivity contribution in [3.63, 3.8) is 0 Å². The first-order valence-corrected chi connectivity index (χ1v) is 22.9. The molecule has 0 fully saturated rings. The van der Waals surface area contributed by atoms with E-state index in [9.17, 15) is 43.7 Å². The minimum atomic E-state index is -4.56. The van der Waals surface area contributed by atoms with Crippen LogP contribution in [-0.2, 0) is 56.5 Å². The standard InChI is InChI=1S/C34H41NO14S5/c1-34(18-7-3-6-13-33(36)37)28(26(10-8-20-52(39,40)41)27-16-15-25(23-29(27)34)54(45,46)47)11-4-2-5-12-32-35(19-9-21-53(42,43)44)30-17-14-24(51-49-48-38)22-31(30)50-32/h2,4-5,11-12,14-17,22-23,26H,3,6-10,13,18-21H2,1H3,(H4-,36,37,38,39,40,41,42,43,44,45,46,47)/p+1/b4-2+,12-5+,28-11+. The van der Waals surface area contributed by atoms with E-state index in [1.165, 1.54) is 23.5 Å². The Bertz CT molecular complexity index is 2250. The lowest BCUT2D eigenvalue weighted by atomic mass is 9.74. The van der Waals surface area contributed by atoms with Crippen molar-refractivity contribution >= 4 is 76.0 Å². The maximum atomic E-state index is 12.2. The number of nitrogens with zero attached hydrogens (tertiary/aromatic N) is 1. The Balaban J connectivity index is 1.72. The number of aromatic nitrogens is 1. The van der Waals surface area contributed by atoms with Gasteiger partial charge in [-0.3, -0.25) is 18.5 Å². The first-order valence-electron chi connectivity index (χ1n) is 16.7. The van der Waals surface area contributed by atoms with E-state index in [2.05, 4.69) is 9.37 Å². The van der Waals surface area contributed by atoms with Crippen LogP contribution in [0.3, 0.4) is 0 Å². The van der Waals surface area contributed by atoms with Crippen LogP contribution in [0.5, 0.6) is 0 Å². The van der Waals surface area contributed by atoms with Gasteiger partial charge in [0.15, 0.2) is 6.54 Å². The van der Waals surface area contributed by atoms with Gasteiger partial charge in [-0.25, -0.2) is 5.26 Å². The van der Waals surface area contributed by atoms with Crippen LogP contribution < -0.4 is 4.57 Å². The number of benzene rings is 2. The Labute approximate surface area is 322 Å². The number of thiazole rings is 1. The maximum Gasteiger partial charge on any atom is 0.303 e. The molecule has 0 saturated carbocycles. The molecule has 2 atom stereocenters. The normalized spacial score (nSPS) is 18.8. The largest absolute Gasteiger partial charge is 0.481 e. The van der Waals surface area contributed by atoms with Crippen LogP contribution in [0.2, 0.25) is 0 Å². The van der Waals surface area contributed by atoms with Gasteiger partial charge < -0.3 is 5.11 Å². The molecule has 20 heteroatoms. The highest BCUT2D eigenvalue weighted by molar-refractivity contribution is 7.94. The Morgan fingerprint density at radius 1 is 0.926 bits per heavy atom. The maximum absolute atomic E-state index is 12.2. The topological polar surface area (TPSA) is 243 Å². The lowest BCUT2D eigenvalue weighted by Gasteiger charge is -2.30. The Morgan fingerprint density at radius 3 is 2.31 bits per heavy atom. The molecule has 15 nitrogen and oxygen atoms in total. The van der Waals surface area contributed by atoms with E-state index in [0.717, 1.165) is 38.4 Å². The summed E-state index contributed by atoms with van der Waals surface area (Å²) in [4.78, 5) is 11.4. The fraction of sp³-hybridized carbons (Fsp3) is 0.412. The third-order valence-electron chi connectivity index (χ3n) is 9.15. The predicted molar refractivity (Wildman–Crippen MR) is 203 cm³/mol. The summed E-state index contributed by atoms with van der Waals surface area (Å²) in [7, 11) is -13.0.